The molecule has 0 saturated heterocycles. The lowest BCUT2D eigenvalue weighted by molar-refractivity contribution is -0.152. The highest BCUT2D eigenvalue weighted by molar-refractivity contribution is 8.00. The molecule has 1 rings (SSSR count). The number of carbonyl (C=O) groups is 1. The Kier molecular flexibility index (Phi) is 5.62. The van der Waals surface area contributed by atoms with Crippen LogP contribution in [0.1, 0.15) is 46.6 Å². The lowest BCUT2D eigenvalue weighted by Gasteiger charge is -2.33. The van der Waals surface area contributed by atoms with E-state index in [0.29, 0.717) is 22.7 Å². The Bertz CT molecular complexity index is 633. The molecule has 1 N–H and O–H groups in total. The number of hydrogen-bond acceptors (Lipinski definition) is 5. The van der Waals surface area contributed by atoms with Crippen LogP contribution in [0.15, 0.2) is 28.3 Å². The minimum Gasteiger partial charge on any atom is -0.456 e. The van der Waals surface area contributed by atoms with E-state index < -0.39 is 11.6 Å². The molecule has 0 aliphatic carbocycles. The number of aryl methyl sites for hydroxylation is 1. The molecule has 0 bridgehead atoms. The average molecular weight is 324 g/mol. The molecule has 122 valence electrons. The monoisotopic (exact) mass is 324 g/mol. The summed E-state index contributed by atoms with van der Waals surface area (Å²) in [6, 6.07) is 0. The van der Waals surface area contributed by atoms with Gasteiger partial charge in [-0.05, 0) is 27.7 Å². The predicted molar refractivity (Wildman–Crippen MR) is 89.1 cm³/mol. The van der Waals surface area contributed by atoms with Crippen LogP contribution >= 0.6 is 11.8 Å². The van der Waals surface area contributed by atoms with Crippen molar-refractivity contribution in [3.8, 4) is 0 Å². The number of H-pyrrole nitrogens is 1. The first-order chi connectivity index (χ1) is 9.92. The first-order valence-electron chi connectivity index (χ1n) is 7.06. The standard InChI is InChI=1S/C16H24N2O3S/c1-10(2)13(20)21-15(4,5)9-16(6,7)22-14-17-8-11(3)12(19)18-14/h8H,1,9H2,2-7H3,(H,17,18,19). The van der Waals surface area contributed by atoms with Crippen LogP contribution in [-0.2, 0) is 9.53 Å². The molecule has 0 amide bonds. The lowest BCUT2D eigenvalue weighted by Crippen LogP contribution is -2.36. The number of esters is 1. The maximum absolute atomic E-state index is 11.7. The summed E-state index contributed by atoms with van der Waals surface area (Å²) < 4.78 is 5.20. The van der Waals surface area contributed by atoms with Crippen molar-refractivity contribution in [3.05, 3.63) is 34.3 Å². The summed E-state index contributed by atoms with van der Waals surface area (Å²) >= 11 is 1.45. The van der Waals surface area contributed by atoms with Crippen LogP contribution < -0.4 is 5.56 Å². The Morgan fingerprint density at radius 1 is 1.41 bits per heavy atom. The molecule has 0 aromatic carbocycles. The molecule has 0 atom stereocenters. The lowest BCUT2D eigenvalue weighted by atomic mass is 9.95. The Labute approximate surface area is 135 Å². The Balaban J connectivity index is 2.81. The Hall–Kier alpha value is -1.56. The summed E-state index contributed by atoms with van der Waals surface area (Å²) in [4.78, 5) is 30.3. The van der Waals surface area contributed by atoms with Crippen LogP contribution in [0.25, 0.3) is 0 Å². The first kappa shape index (κ1) is 18.5. The van der Waals surface area contributed by atoms with Crippen molar-refractivity contribution >= 4 is 17.7 Å². The smallest absolute Gasteiger partial charge is 0.333 e. The zero-order valence-electron chi connectivity index (χ0n) is 14.1. The van der Waals surface area contributed by atoms with Crippen LogP contribution in [0.2, 0.25) is 0 Å². The SMILES string of the molecule is C=C(C)C(=O)OC(C)(C)CC(C)(C)Sc1ncc(C)c(=O)[nH]1. The highest BCUT2D eigenvalue weighted by atomic mass is 32.2. The number of thioether (sulfide) groups is 1. The fourth-order valence-corrected chi connectivity index (χ4v) is 3.38. The number of aromatic amines is 1. The van der Waals surface area contributed by atoms with Crippen LogP contribution in [0.3, 0.4) is 0 Å². The van der Waals surface area contributed by atoms with E-state index >= 15 is 0 Å². The van der Waals surface area contributed by atoms with E-state index in [0.717, 1.165) is 0 Å². The van der Waals surface area contributed by atoms with E-state index in [-0.39, 0.29) is 10.3 Å². The molecular weight excluding hydrogens is 300 g/mol. The molecule has 0 aliphatic heterocycles. The summed E-state index contributed by atoms with van der Waals surface area (Å²) in [5.74, 6) is -0.396. The molecule has 0 fully saturated rings. The summed E-state index contributed by atoms with van der Waals surface area (Å²) in [6.07, 6.45) is 2.16. The van der Waals surface area contributed by atoms with E-state index in [1.165, 1.54) is 11.8 Å². The van der Waals surface area contributed by atoms with E-state index in [4.69, 9.17) is 4.74 Å². The number of hydrogen-bond donors (Lipinski definition) is 1. The van der Waals surface area contributed by atoms with Gasteiger partial charge in [0.25, 0.3) is 5.56 Å². The number of aromatic nitrogens is 2. The topological polar surface area (TPSA) is 72.0 Å². The van der Waals surface area contributed by atoms with Gasteiger partial charge in [0.2, 0.25) is 0 Å². The second-order valence-corrected chi connectivity index (χ2v) is 8.36. The second-order valence-electron chi connectivity index (χ2n) is 6.67. The van der Waals surface area contributed by atoms with Gasteiger partial charge in [-0.3, -0.25) is 4.79 Å². The molecule has 5 nitrogen and oxygen atoms in total. The van der Waals surface area contributed by atoms with E-state index in [1.54, 1.807) is 20.0 Å². The second kappa shape index (κ2) is 6.69. The molecule has 0 unspecified atom stereocenters. The molecule has 6 heteroatoms. The van der Waals surface area contributed by atoms with E-state index in [9.17, 15) is 9.59 Å². The summed E-state index contributed by atoms with van der Waals surface area (Å²) in [7, 11) is 0. The highest BCUT2D eigenvalue weighted by Gasteiger charge is 2.33. The average Bonchev–Trinajstić information content (AvgIpc) is 2.31. The van der Waals surface area contributed by atoms with Crippen molar-refractivity contribution in [1.29, 1.82) is 0 Å². The summed E-state index contributed by atoms with van der Waals surface area (Å²) in [5.41, 5.74) is 0.180. The first-order valence-corrected chi connectivity index (χ1v) is 7.87. The van der Waals surface area contributed by atoms with Crippen molar-refractivity contribution in [2.45, 2.75) is 63.5 Å². The number of carbonyl (C=O) groups excluding carboxylic acids is 1. The third-order valence-electron chi connectivity index (χ3n) is 2.90. The third kappa shape index (κ3) is 5.67. The van der Waals surface area contributed by atoms with Crippen LogP contribution in [0.4, 0.5) is 0 Å². The fourth-order valence-electron chi connectivity index (χ4n) is 2.19. The predicted octanol–water partition coefficient (Wildman–Crippen LogP) is 3.24. The summed E-state index contributed by atoms with van der Waals surface area (Å²) in [5, 5.41) is 0.558. The van der Waals surface area contributed by atoms with Crippen molar-refractivity contribution in [1.82, 2.24) is 9.97 Å². The molecule has 1 aromatic rings. The largest absolute Gasteiger partial charge is 0.456 e. The van der Waals surface area contributed by atoms with Crippen LogP contribution in [0, 0.1) is 6.92 Å². The number of nitrogens with zero attached hydrogens (tertiary/aromatic N) is 1. The molecule has 1 heterocycles. The molecule has 22 heavy (non-hydrogen) atoms. The molecular formula is C16H24N2O3S. The maximum atomic E-state index is 11.7. The van der Waals surface area contributed by atoms with Gasteiger partial charge in [-0.25, -0.2) is 9.78 Å². The maximum Gasteiger partial charge on any atom is 0.333 e. The van der Waals surface area contributed by atoms with Crippen molar-refractivity contribution < 1.29 is 9.53 Å². The number of nitrogens with one attached hydrogen (secondary N) is 1. The third-order valence-corrected chi connectivity index (χ3v) is 3.99. The van der Waals surface area contributed by atoms with Gasteiger partial charge >= 0.3 is 5.97 Å². The number of ether oxygens (including phenoxy) is 1. The quantitative estimate of drug-likeness (QED) is 0.376. The minimum absolute atomic E-state index is 0.138. The molecule has 0 aliphatic rings. The normalized spacial score (nSPS) is 12.1. The zero-order chi connectivity index (χ0) is 17.1. The van der Waals surface area contributed by atoms with Gasteiger partial charge in [0.1, 0.15) is 5.60 Å². The van der Waals surface area contributed by atoms with Crippen LogP contribution in [-0.4, -0.2) is 26.3 Å². The Morgan fingerprint density at radius 3 is 2.50 bits per heavy atom. The molecule has 1 aromatic heterocycles. The van der Waals surface area contributed by atoms with Gasteiger partial charge in [0, 0.05) is 28.5 Å². The van der Waals surface area contributed by atoms with Gasteiger partial charge in [0.05, 0.1) is 0 Å². The number of rotatable bonds is 6. The fraction of sp³-hybridized carbons (Fsp3) is 0.562. The summed E-state index contributed by atoms with van der Waals surface area (Å²) in [6.45, 7) is 14.7. The van der Waals surface area contributed by atoms with Crippen LogP contribution in [0.5, 0.6) is 0 Å². The molecule has 0 spiro atoms. The van der Waals surface area contributed by atoms with Gasteiger partial charge in [-0.1, -0.05) is 32.2 Å². The Morgan fingerprint density at radius 2 is 2.00 bits per heavy atom. The van der Waals surface area contributed by atoms with E-state index in [1.807, 2.05) is 27.7 Å². The van der Waals surface area contributed by atoms with Crippen molar-refractivity contribution in [2.75, 3.05) is 0 Å². The van der Waals surface area contributed by atoms with Gasteiger partial charge in [-0.15, -0.1) is 0 Å². The molecule has 0 radical (unpaired) electrons. The van der Waals surface area contributed by atoms with Gasteiger partial charge < -0.3 is 9.72 Å². The van der Waals surface area contributed by atoms with Crippen molar-refractivity contribution in [2.24, 2.45) is 0 Å². The van der Waals surface area contributed by atoms with Gasteiger partial charge in [-0.2, -0.15) is 0 Å². The minimum atomic E-state index is -0.641. The van der Waals surface area contributed by atoms with Crippen molar-refractivity contribution in [3.63, 3.8) is 0 Å². The zero-order valence-corrected chi connectivity index (χ0v) is 14.9. The van der Waals surface area contributed by atoms with Gasteiger partial charge in [0.15, 0.2) is 5.16 Å². The van der Waals surface area contributed by atoms with E-state index in [2.05, 4.69) is 16.5 Å². The highest BCUT2D eigenvalue weighted by Crippen LogP contribution is 2.37. The molecule has 0 saturated carbocycles.